The molecule has 0 fully saturated rings. The van der Waals surface area contributed by atoms with Gasteiger partial charge in [0.1, 0.15) is 4.90 Å². The number of rotatable bonds is 7. The van der Waals surface area contributed by atoms with Crippen LogP contribution in [0.5, 0.6) is 0 Å². The molecule has 1 aromatic carbocycles. The molecule has 0 spiro atoms. The third kappa shape index (κ3) is 5.74. The lowest BCUT2D eigenvalue weighted by molar-refractivity contribution is 0.551. The Kier molecular flexibility index (Phi) is 8.76. The maximum atomic E-state index is 13.6. The van der Waals surface area contributed by atoms with E-state index in [9.17, 15) is 12.8 Å². The molecule has 2 N–H and O–H groups in total. The Morgan fingerprint density at radius 1 is 1.26 bits per heavy atom. The minimum Gasteiger partial charge on any atom is -0.315 e. The number of hydrogen-bond donors (Lipinski definition) is 2. The first-order valence-electron chi connectivity index (χ1n) is 5.63. The van der Waals surface area contributed by atoms with E-state index in [2.05, 4.69) is 26.0 Å². The molecule has 1 aromatic rings. The fourth-order valence-electron chi connectivity index (χ4n) is 1.34. The molecule has 0 atom stereocenters. The first-order chi connectivity index (χ1) is 8.49. The maximum Gasteiger partial charge on any atom is 0.243 e. The average molecular weight is 376 g/mol. The monoisotopic (exact) mass is 374 g/mol. The van der Waals surface area contributed by atoms with Gasteiger partial charge in [-0.3, -0.25) is 0 Å². The molecule has 8 heteroatoms. The minimum absolute atomic E-state index is 0. The first-order valence-corrected chi connectivity index (χ1v) is 7.91. The van der Waals surface area contributed by atoms with Crippen molar-refractivity contribution < 1.29 is 12.8 Å². The summed E-state index contributed by atoms with van der Waals surface area (Å²) >= 11 is 2.96. The second-order valence-corrected chi connectivity index (χ2v) is 6.29. The molecule has 0 aliphatic rings. The predicted molar refractivity (Wildman–Crippen MR) is 79.7 cm³/mol. The highest BCUT2D eigenvalue weighted by atomic mass is 79.9. The van der Waals surface area contributed by atoms with Crippen LogP contribution in [0.4, 0.5) is 4.39 Å². The summed E-state index contributed by atoms with van der Waals surface area (Å²) in [6, 6.07) is 4.18. The molecule has 4 nitrogen and oxygen atoms in total. The summed E-state index contributed by atoms with van der Waals surface area (Å²) in [6.07, 6.45) is 0.979. The average Bonchev–Trinajstić information content (AvgIpc) is 2.32. The Bertz CT molecular complexity index is 499. The third-order valence-corrected chi connectivity index (χ3v) is 4.32. The summed E-state index contributed by atoms with van der Waals surface area (Å²) in [6.45, 7) is 3.60. The van der Waals surface area contributed by atoms with Crippen molar-refractivity contribution in [1.29, 1.82) is 0 Å². The van der Waals surface area contributed by atoms with Crippen LogP contribution in [0, 0.1) is 5.82 Å². The summed E-state index contributed by atoms with van der Waals surface area (Å²) in [5.41, 5.74) is 0. The second-order valence-electron chi connectivity index (χ2n) is 3.70. The zero-order valence-corrected chi connectivity index (χ0v) is 13.7. The van der Waals surface area contributed by atoms with E-state index in [0.29, 0.717) is 6.54 Å². The summed E-state index contributed by atoms with van der Waals surface area (Å²) in [5, 5.41) is 3.06. The molecule has 110 valence electrons. The van der Waals surface area contributed by atoms with Crippen molar-refractivity contribution in [2.45, 2.75) is 18.2 Å². The topological polar surface area (TPSA) is 58.2 Å². The molecule has 0 heterocycles. The molecule has 19 heavy (non-hydrogen) atoms. The molecule has 1 rings (SSSR count). The largest absolute Gasteiger partial charge is 0.315 e. The quantitative estimate of drug-likeness (QED) is 0.719. The fraction of sp³-hybridized carbons (Fsp3) is 0.455. The summed E-state index contributed by atoms with van der Waals surface area (Å²) < 4.78 is 39.8. The molecule has 0 aliphatic carbocycles. The van der Waals surface area contributed by atoms with Gasteiger partial charge in [-0.25, -0.2) is 17.5 Å². The van der Waals surface area contributed by atoms with Crippen molar-refractivity contribution in [3.63, 3.8) is 0 Å². The molecule has 0 radical (unpaired) electrons. The van der Waals surface area contributed by atoms with Gasteiger partial charge in [0.25, 0.3) is 0 Å². The molecule has 0 aliphatic heterocycles. The molecular weight excluding hydrogens is 359 g/mol. The van der Waals surface area contributed by atoms with Gasteiger partial charge in [-0.2, -0.15) is 0 Å². The number of sulfonamides is 1. The van der Waals surface area contributed by atoms with Gasteiger partial charge in [0.2, 0.25) is 10.0 Å². The fourth-order valence-corrected chi connectivity index (χ4v) is 2.97. The van der Waals surface area contributed by atoms with E-state index in [4.69, 9.17) is 0 Å². The number of nitrogens with one attached hydrogen (secondary N) is 2. The van der Waals surface area contributed by atoms with Crippen molar-refractivity contribution in [2.24, 2.45) is 0 Å². The smallest absolute Gasteiger partial charge is 0.243 e. The highest BCUT2D eigenvalue weighted by molar-refractivity contribution is 9.10. The van der Waals surface area contributed by atoms with Crippen molar-refractivity contribution in [1.82, 2.24) is 10.0 Å². The second kappa shape index (κ2) is 8.86. The van der Waals surface area contributed by atoms with Crippen LogP contribution < -0.4 is 10.0 Å². The van der Waals surface area contributed by atoms with Crippen LogP contribution in [0.25, 0.3) is 0 Å². The van der Waals surface area contributed by atoms with E-state index < -0.39 is 15.8 Å². The Labute approximate surface area is 127 Å². The highest BCUT2D eigenvalue weighted by Gasteiger charge is 2.19. The molecule has 0 amide bonds. The van der Waals surface area contributed by atoms with Crippen molar-refractivity contribution in [2.75, 3.05) is 19.6 Å². The molecule has 0 aromatic heterocycles. The van der Waals surface area contributed by atoms with Gasteiger partial charge in [0.15, 0.2) is 5.82 Å². The third-order valence-electron chi connectivity index (χ3n) is 2.23. The number of halogens is 3. The van der Waals surface area contributed by atoms with Gasteiger partial charge in [-0.15, -0.1) is 12.4 Å². The van der Waals surface area contributed by atoms with Crippen LogP contribution in [0.2, 0.25) is 0 Å². The number of benzene rings is 1. The summed E-state index contributed by atoms with van der Waals surface area (Å²) in [7, 11) is -3.80. The molecule has 0 saturated heterocycles. The van der Waals surface area contributed by atoms with E-state index in [0.717, 1.165) is 13.0 Å². The van der Waals surface area contributed by atoms with Crippen LogP contribution in [0.1, 0.15) is 13.3 Å². The molecular formula is C11H17BrClFN2O2S. The highest BCUT2D eigenvalue weighted by Crippen LogP contribution is 2.21. The van der Waals surface area contributed by atoms with Gasteiger partial charge in [-0.05, 0) is 41.0 Å². The lowest BCUT2D eigenvalue weighted by Gasteiger charge is -2.08. The van der Waals surface area contributed by atoms with E-state index >= 15 is 0 Å². The molecule has 0 saturated carbocycles. The van der Waals surface area contributed by atoms with E-state index in [1.165, 1.54) is 18.2 Å². The van der Waals surface area contributed by atoms with Crippen molar-refractivity contribution >= 4 is 38.4 Å². The van der Waals surface area contributed by atoms with Crippen LogP contribution >= 0.6 is 28.3 Å². The molecule has 0 bridgehead atoms. The predicted octanol–water partition coefficient (Wildman–Crippen LogP) is 2.29. The Morgan fingerprint density at radius 3 is 2.58 bits per heavy atom. The van der Waals surface area contributed by atoms with E-state index in [1.807, 2.05) is 6.92 Å². The van der Waals surface area contributed by atoms with Gasteiger partial charge in [0.05, 0.1) is 4.47 Å². The minimum atomic E-state index is -3.80. The van der Waals surface area contributed by atoms with Gasteiger partial charge >= 0.3 is 0 Å². The Balaban J connectivity index is 0.00000324. The van der Waals surface area contributed by atoms with E-state index in [-0.39, 0.29) is 28.3 Å². The van der Waals surface area contributed by atoms with Crippen LogP contribution in [-0.2, 0) is 10.0 Å². The first kappa shape index (κ1) is 18.8. The lowest BCUT2D eigenvalue weighted by atomic mass is 10.3. The lowest BCUT2D eigenvalue weighted by Crippen LogP contribution is -2.32. The van der Waals surface area contributed by atoms with Gasteiger partial charge < -0.3 is 5.32 Å². The summed E-state index contributed by atoms with van der Waals surface area (Å²) in [5.74, 6) is -0.772. The zero-order valence-electron chi connectivity index (χ0n) is 10.4. The van der Waals surface area contributed by atoms with Crippen LogP contribution in [0.3, 0.4) is 0 Å². The van der Waals surface area contributed by atoms with Crippen LogP contribution in [0.15, 0.2) is 27.6 Å². The number of hydrogen-bond acceptors (Lipinski definition) is 3. The summed E-state index contributed by atoms with van der Waals surface area (Å²) in [4.78, 5) is -0.340. The van der Waals surface area contributed by atoms with Gasteiger partial charge in [0, 0.05) is 13.1 Å². The zero-order chi connectivity index (χ0) is 13.6. The van der Waals surface area contributed by atoms with Crippen molar-refractivity contribution in [3.8, 4) is 0 Å². The SMILES string of the molecule is CCCNCCNS(=O)(=O)c1cccc(Br)c1F.Cl. The normalized spacial score (nSPS) is 11.1. The molecule has 0 unspecified atom stereocenters. The Morgan fingerprint density at radius 2 is 1.95 bits per heavy atom. The Hall–Kier alpha value is -0.210. The van der Waals surface area contributed by atoms with E-state index in [1.54, 1.807) is 0 Å². The van der Waals surface area contributed by atoms with Crippen molar-refractivity contribution in [3.05, 3.63) is 28.5 Å². The standard InChI is InChI=1S/C11H16BrFN2O2S.ClH/c1-2-6-14-7-8-15-18(16,17)10-5-3-4-9(12)11(10)13;/h3-5,14-15H,2,6-8H2,1H3;1H. The maximum absolute atomic E-state index is 13.6. The van der Waals surface area contributed by atoms with Crippen LogP contribution in [-0.4, -0.2) is 28.1 Å². The van der Waals surface area contributed by atoms with Gasteiger partial charge in [-0.1, -0.05) is 13.0 Å².